The number of hydrogen-bond donors (Lipinski definition) is 1. The highest BCUT2D eigenvalue weighted by molar-refractivity contribution is 7.15. The summed E-state index contributed by atoms with van der Waals surface area (Å²) in [5.74, 6) is 0.658. The number of rotatable bonds is 2. The maximum atomic E-state index is 4.39. The minimum absolute atomic E-state index is 0.658. The van der Waals surface area contributed by atoms with E-state index in [0.29, 0.717) is 5.95 Å². The molecule has 0 aliphatic rings. The predicted octanol–water partition coefficient (Wildman–Crippen LogP) is 2.81. The number of fused-ring (bicyclic) bond motifs is 1. The summed E-state index contributed by atoms with van der Waals surface area (Å²) >= 11 is 1.60. The van der Waals surface area contributed by atoms with Crippen LogP contribution in [0.3, 0.4) is 0 Å². The molecule has 0 saturated heterocycles. The number of thiazole rings is 1. The van der Waals surface area contributed by atoms with Crippen molar-refractivity contribution in [3.63, 3.8) is 0 Å². The van der Waals surface area contributed by atoms with Crippen molar-refractivity contribution in [2.45, 2.75) is 6.92 Å². The number of aryl methyl sites for hydroxylation is 1. The fraction of sp³-hybridized carbons (Fsp3) is 0.167. The SMILES string of the molecule is CNc1nc2scc(-c3ccc(C)cc3)n2n1. The number of nitrogens with zero attached hydrogens (tertiary/aromatic N) is 3. The van der Waals surface area contributed by atoms with Crippen LogP contribution < -0.4 is 5.32 Å². The highest BCUT2D eigenvalue weighted by Gasteiger charge is 2.10. The van der Waals surface area contributed by atoms with Crippen LogP contribution in [0.4, 0.5) is 5.95 Å². The first-order valence-corrected chi connectivity index (χ1v) is 6.25. The van der Waals surface area contributed by atoms with Gasteiger partial charge in [-0.3, -0.25) is 0 Å². The number of hydrogen-bond acceptors (Lipinski definition) is 4. The molecule has 0 saturated carbocycles. The van der Waals surface area contributed by atoms with E-state index in [-0.39, 0.29) is 0 Å². The summed E-state index contributed by atoms with van der Waals surface area (Å²) in [4.78, 5) is 5.26. The van der Waals surface area contributed by atoms with Crippen LogP contribution in [0.5, 0.6) is 0 Å². The molecule has 0 bridgehead atoms. The quantitative estimate of drug-likeness (QED) is 0.753. The molecule has 5 heteroatoms. The molecule has 0 aliphatic carbocycles. The Kier molecular flexibility index (Phi) is 2.33. The zero-order valence-electron chi connectivity index (χ0n) is 9.64. The Hall–Kier alpha value is -1.88. The molecule has 2 aromatic heterocycles. The molecule has 0 aliphatic heterocycles. The van der Waals surface area contributed by atoms with Crippen LogP contribution in [0.25, 0.3) is 16.2 Å². The molecule has 1 aromatic carbocycles. The van der Waals surface area contributed by atoms with Crippen LogP contribution in [0.15, 0.2) is 29.6 Å². The monoisotopic (exact) mass is 244 g/mol. The van der Waals surface area contributed by atoms with Crippen molar-refractivity contribution in [3.8, 4) is 11.3 Å². The minimum Gasteiger partial charge on any atom is -0.356 e. The third-order valence-corrected chi connectivity index (χ3v) is 3.47. The van der Waals surface area contributed by atoms with Gasteiger partial charge in [-0.25, -0.2) is 4.52 Å². The van der Waals surface area contributed by atoms with Gasteiger partial charge in [-0.2, -0.15) is 4.98 Å². The molecule has 0 unspecified atom stereocenters. The molecule has 86 valence electrons. The Bertz CT molecular complexity index is 651. The minimum atomic E-state index is 0.658. The van der Waals surface area contributed by atoms with Crippen molar-refractivity contribution in [3.05, 3.63) is 35.2 Å². The first kappa shape index (κ1) is 10.3. The summed E-state index contributed by atoms with van der Waals surface area (Å²) < 4.78 is 1.88. The third-order valence-electron chi connectivity index (χ3n) is 2.65. The van der Waals surface area contributed by atoms with E-state index < -0.39 is 0 Å². The van der Waals surface area contributed by atoms with Crippen LogP contribution >= 0.6 is 11.3 Å². The lowest BCUT2D eigenvalue weighted by molar-refractivity contribution is 0.986. The van der Waals surface area contributed by atoms with Gasteiger partial charge in [0.05, 0.1) is 5.69 Å². The number of aromatic nitrogens is 3. The summed E-state index contributed by atoms with van der Waals surface area (Å²) in [6, 6.07) is 8.43. The van der Waals surface area contributed by atoms with E-state index in [1.165, 1.54) is 5.56 Å². The number of benzene rings is 1. The molecule has 17 heavy (non-hydrogen) atoms. The molecule has 1 N–H and O–H groups in total. The zero-order chi connectivity index (χ0) is 11.8. The van der Waals surface area contributed by atoms with Crippen molar-refractivity contribution in [1.29, 1.82) is 0 Å². The maximum absolute atomic E-state index is 4.39. The van der Waals surface area contributed by atoms with E-state index in [1.807, 2.05) is 11.6 Å². The van der Waals surface area contributed by atoms with Gasteiger partial charge in [-0.15, -0.1) is 16.4 Å². The van der Waals surface area contributed by atoms with E-state index in [1.54, 1.807) is 11.3 Å². The highest BCUT2D eigenvalue weighted by atomic mass is 32.1. The fourth-order valence-electron chi connectivity index (χ4n) is 1.71. The Balaban J connectivity index is 2.16. The van der Waals surface area contributed by atoms with Gasteiger partial charge in [0, 0.05) is 18.0 Å². The Morgan fingerprint density at radius 1 is 1.24 bits per heavy atom. The Morgan fingerprint density at radius 3 is 2.71 bits per heavy atom. The molecule has 0 radical (unpaired) electrons. The first-order chi connectivity index (χ1) is 8.28. The molecule has 0 amide bonds. The van der Waals surface area contributed by atoms with Crippen LogP contribution in [-0.4, -0.2) is 21.6 Å². The van der Waals surface area contributed by atoms with E-state index in [2.05, 4.69) is 52.0 Å². The summed E-state index contributed by atoms with van der Waals surface area (Å²) in [5, 5.41) is 9.43. The molecule has 2 heterocycles. The summed E-state index contributed by atoms with van der Waals surface area (Å²) in [6.07, 6.45) is 0. The molecule has 4 nitrogen and oxygen atoms in total. The van der Waals surface area contributed by atoms with Crippen molar-refractivity contribution < 1.29 is 0 Å². The van der Waals surface area contributed by atoms with Crippen LogP contribution in [-0.2, 0) is 0 Å². The van der Waals surface area contributed by atoms with Gasteiger partial charge in [0.1, 0.15) is 0 Å². The molecule has 0 atom stereocenters. The lowest BCUT2D eigenvalue weighted by Gasteiger charge is -1.99. The zero-order valence-corrected chi connectivity index (χ0v) is 10.5. The summed E-state index contributed by atoms with van der Waals surface area (Å²) in [5.41, 5.74) is 3.50. The highest BCUT2D eigenvalue weighted by Crippen LogP contribution is 2.25. The lowest BCUT2D eigenvalue weighted by Crippen LogP contribution is -1.92. The number of nitrogens with one attached hydrogen (secondary N) is 1. The smallest absolute Gasteiger partial charge is 0.243 e. The Morgan fingerprint density at radius 2 is 2.00 bits per heavy atom. The Labute approximate surface area is 103 Å². The molecule has 3 rings (SSSR count). The predicted molar refractivity (Wildman–Crippen MR) is 70.6 cm³/mol. The van der Waals surface area contributed by atoms with Crippen LogP contribution in [0.2, 0.25) is 0 Å². The van der Waals surface area contributed by atoms with E-state index in [9.17, 15) is 0 Å². The van der Waals surface area contributed by atoms with Crippen LogP contribution in [0.1, 0.15) is 5.56 Å². The van der Waals surface area contributed by atoms with Gasteiger partial charge in [0.15, 0.2) is 0 Å². The fourth-order valence-corrected chi connectivity index (χ4v) is 2.54. The first-order valence-electron chi connectivity index (χ1n) is 5.37. The van der Waals surface area contributed by atoms with E-state index in [4.69, 9.17) is 0 Å². The van der Waals surface area contributed by atoms with Gasteiger partial charge in [-0.1, -0.05) is 29.8 Å². The van der Waals surface area contributed by atoms with E-state index in [0.717, 1.165) is 16.2 Å². The number of anilines is 1. The van der Waals surface area contributed by atoms with Gasteiger partial charge < -0.3 is 5.32 Å². The molecule has 0 fully saturated rings. The van der Waals surface area contributed by atoms with Crippen molar-refractivity contribution >= 4 is 22.2 Å². The second-order valence-corrected chi connectivity index (χ2v) is 4.70. The van der Waals surface area contributed by atoms with Crippen molar-refractivity contribution in [2.75, 3.05) is 12.4 Å². The standard InChI is InChI=1S/C12H12N4S/c1-8-3-5-9(6-4-8)10-7-17-12-14-11(13-2)15-16(10)12/h3-7H,1-2H3,(H,13,15). The molecule has 3 aromatic rings. The second-order valence-electron chi connectivity index (χ2n) is 3.87. The van der Waals surface area contributed by atoms with Gasteiger partial charge in [-0.05, 0) is 6.92 Å². The molecule has 0 spiro atoms. The summed E-state index contributed by atoms with van der Waals surface area (Å²) in [6.45, 7) is 2.08. The molecular weight excluding hydrogens is 232 g/mol. The second kappa shape index (κ2) is 3.85. The van der Waals surface area contributed by atoms with Crippen molar-refractivity contribution in [2.24, 2.45) is 0 Å². The maximum Gasteiger partial charge on any atom is 0.243 e. The van der Waals surface area contributed by atoms with Crippen molar-refractivity contribution in [1.82, 2.24) is 14.6 Å². The van der Waals surface area contributed by atoms with Gasteiger partial charge in [0.2, 0.25) is 10.9 Å². The van der Waals surface area contributed by atoms with Crippen LogP contribution in [0, 0.1) is 6.92 Å². The normalized spacial score (nSPS) is 10.9. The lowest BCUT2D eigenvalue weighted by atomic mass is 10.1. The van der Waals surface area contributed by atoms with Gasteiger partial charge >= 0.3 is 0 Å². The topological polar surface area (TPSA) is 42.2 Å². The van der Waals surface area contributed by atoms with Gasteiger partial charge in [0.25, 0.3) is 0 Å². The third kappa shape index (κ3) is 1.68. The average molecular weight is 244 g/mol. The molecular formula is C12H12N4S. The average Bonchev–Trinajstić information content (AvgIpc) is 2.89. The van der Waals surface area contributed by atoms with E-state index >= 15 is 0 Å². The summed E-state index contributed by atoms with van der Waals surface area (Å²) in [7, 11) is 1.82. The largest absolute Gasteiger partial charge is 0.356 e.